The number of sulfonamides is 1. The largest absolute Gasteiger partial charge is 0.495 e. The zero-order valence-electron chi connectivity index (χ0n) is 20.7. The van der Waals surface area contributed by atoms with Gasteiger partial charge in [-0.15, -0.1) is 0 Å². The van der Waals surface area contributed by atoms with Gasteiger partial charge in [-0.1, -0.05) is 50.2 Å². The summed E-state index contributed by atoms with van der Waals surface area (Å²) in [6.45, 7) is 7.74. The molecule has 0 saturated heterocycles. The van der Waals surface area contributed by atoms with Crippen LogP contribution in [0.2, 0.25) is 0 Å². The first kappa shape index (κ1) is 27.2. The Bertz CT molecular complexity index is 1100. The van der Waals surface area contributed by atoms with E-state index in [9.17, 15) is 18.0 Å². The van der Waals surface area contributed by atoms with E-state index in [1.807, 2.05) is 45.0 Å². The predicted molar refractivity (Wildman–Crippen MR) is 134 cm³/mol. The summed E-state index contributed by atoms with van der Waals surface area (Å²) in [6.07, 6.45) is 1.04. The van der Waals surface area contributed by atoms with Crippen LogP contribution in [0, 0.1) is 12.8 Å². The predicted octanol–water partition coefficient (Wildman–Crippen LogP) is 2.96. The summed E-state index contributed by atoms with van der Waals surface area (Å²) in [6, 6.07) is 13.4. The van der Waals surface area contributed by atoms with Gasteiger partial charge in [0.15, 0.2) is 0 Å². The molecular weight excluding hydrogens is 454 g/mol. The number of para-hydroxylation sites is 2. The van der Waals surface area contributed by atoms with Crippen LogP contribution in [0.5, 0.6) is 5.75 Å². The number of hydrogen-bond acceptors (Lipinski definition) is 5. The Morgan fingerprint density at radius 2 is 1.65 bits per heavy atom. The standard InChI is InChI=1S/C25H35N3O5S/c1-18(2)15-26-25(30)20(4)27(16-21-12-8-7-11-19(21)3)24(29)17-28(34(6,31)32)22-13-9-10-14-23(22)33-5/h7-14,18,20H,15-17H2,1-6H3,(H,26,30)/t20-/m0/s1. The monoisotopic (exact) mass is 489 g/mol. The quantitative estimate of drug-likeness (QED) is 0.524. The molecule has 186 valence electrons. The van der Waals surface area contributed by atoms with Gasteiger partial charge in [0.05, 0.1) is 19.1 Å². The first-order chi connectivity index (χ1) is 16.0. The Morgan fingerprint density at radius 3 is 2.24 bits per heavy atom. The molecule has 2 aromatic rings. The Hall–Kier alpha value is -3.07. The Kier molecular flexibility index (Phi) is 9.49. The van der Waals surface area contributed by atoms with Crippen molar-refractivity contribution in [1.82, 2.24) is 10.2 Å². The van der Waals surface area contributed by atoms with Gasteiger partial charge in [-0.05, 0) is 43.0 Å². The number of hydrogen-bond donors (Lipinski definition) is 1. The first-order valence-electron chi connectivity index (χ1n) is 11.2. The zero-order valence-corrected chi connectivity index (χ0v) is 21.6. The number of amides is 2. The smallest absolute Gasteiger partial charge is 0.244 e. The Morgan fingerprint density at radius 1 is 1.03 bits per heavy atom. The van der Waals surface area contributed by atoms with Crippen LogP contribution in [0.15, 0.2) is 48.5 Å². The van der Waals surface area contributed by atoms with Gasteiger partial charge >= 0.3 is 0 Å². The van der Waals surface area contributed by atoms with E-state index in [0.717, 1.165) is 21.7 Å². The zero-order chi connectivity index (χ0) is 25.5. The second kappa shape index (κ2) is 11.9. The molecule has 2 amide bonds. The molecule has 0 saturated carbocycles. The molecule has 0 aliphatic heterocycles. The molecule has 0 spiro atoms. The van der Waals surface area contributed by atoms with Crippen LogP contribution in [0.3, 0.4) is 0 Å². The molecule has 8 nitrogen and oxygen atoms in total. The van der Waals surface area contributed by atoms with Crippen molar-refractivity contribution >= 4 is 27.5 Å². The maximum absolute atomic E-state index is 13.6. The van der Waals surface area contributed by atoms with Crippen LogP contribution < -0.4 is 14.4 Å². The van der Waals surface area contributed by atoms with Crippen molar-refractivity contribution < 1.29 is 22.7 Å². The highest BCUT2D eigenvalue weighted by atomic mass is 32.2. The number of aryl methyl sites for hydroxylation is 1. The molecule has 0 aliphatic carbocycles. The summed E-state index contributed by atoms with van der Waals surface area (Å²) < 4.78 is 31.7. The van der Waals surface area contributed by atoms with Crippen molar-refractivity contribution in [2.75, 3.05) is 30.8 Å². The van der Waals surface area contributed by atoms with Crippen LogP contribution in [0.25, 0.3) is 0 Å². The van der Waals surface area contributed by atoms with E-state index in [1.165, 1.54) is 12.0 Å². The lowest BCUT2D eigenvalue weighted by atomic mass is 10.1. The van der Waals surface area contributed by atoms with Crippen LogP contribution in [0.1, 0.15) is 31.9 Å². The Labute approximate surface area is 202 Å². The molecule has 0 unspecified atom stereocenters. The Balaban J connectivity index is 2.42. The van der Waals surface area contributed by atoms with Crippen LogP contribution in [-0.2, 0) is 26.2 Å². The molecule has 0 heterocycles. The van der Waals surface area contributed by atoms with E-state index in [-0.39, 0.29) is 24.1 Å². The molecule has 2 aromatic carbocycles. The average molecular weight is 490 g/mol. The molecular formula is C25H35N3O5S. The second-order valence-corrected chi connectivity index (χ2v) is 10.6. The molecule has 0 radical (unpaired) electrons. The number of methoxy groups -OCH3 is 1. The third-order valence-electron chi connectivity index (χ3n) is 5.49. The van der Waals surface area contributed by atoms with E-state index >= 15 is 0 Å². The normalized spacial score (nSPS) is 12.2. The lowest BCUT2D eigenvalue weighted by Gasteiger charge is -2.32. The van der Waals surface area contributed by atoms with Gasteiger partial charge < -0.3 is 15.0 Å². The molecule has 34 heavy (non-hydrogen) atoms. The third-order valence-corrected chi connectivity index (χ3v) is 6.61. The van der Waals surface area contributed by atoms with E-state index in [4.69, 9.17) is 4.74 Å². The first-order valence-corrected chi connectivity index (χ1v) is 13.0. The van der Waals surface area contributed by atoms with Crippen molar-refractivity contribution in [2.24, 2.45) is 5.92 Å². The number of rotatable bonds is 11. The number of nitrogens with zero attached hydrogens (tertiary/aromatic N) is 2. The van der Waals surface area contributed by atoms with Gasteiger partial charge in [0, 0.05) is 13.1 Å². The third kappa shape index (κ3) is 7.21. The minimum absolute atomic E-state index is 0.172. The van der Waals surface area contributed by atoms with Crippen LogP contribution in [0.4, 0.5) is 5.69 Å². The fourth-order valence-corrected chi connectivity index (χ4v) is 4.29. The van der Waals surface area contributed by atoms with Gasteiger partial charge in [-0.3, -0.25) is 13.9 Å². The minimum Gasteiger partial charge on any atom is -0.495 e. The SMILES string of the molecule is COc1ccccc1N(CC(=O)N(Cc1ccccc1C)[C@@H](C)C(=O)NCC(C)C)S(C)(=O)=O. The molecule has 1 N–H and O–H groups in total. The van der Waals surface area contributed by atoms with E-state index in [2.05, 4.69) is 5.32 Å². The summed E-state index contributed by atoms with van der Waals surface area (Å²) >= 11 is 0. The number of carbonyl (C=O) groups excluding carboxylic acids is 2. The van der Waals surface area contributed by atoms with Crippen molar-refractivity contribution in [1.29, 1.82) is 0 Å². The van der Waals surface area contributed by atoms with Gasteiger partial charge in [-0.2, -0.15) is 0 Å². The van der Waals surface area contributed by atoms with E-state index in [1.54, 1.807) is 31.2 Å². The van der Waals surface area contributed by atoms with Crippen molar-refractivity contribution in [3.05, 3.63) is 59.7 Å². The van der Waals surface area contributed by atoms with Gasteiger partial charge in [-0.25, -0.2) is 8.42 Å². The highest BCUT2D eigenvalue weighted by molar-refractivity contribution is 7.92. The second-order valence-electron chi connectivity index (χ2n) is 8.70. The fourth-order valence-electron chi connectivity index (χ4n) is 3.44. The lowest BCUT2D eigenvalue weighted by molar-refractivity contribution is -0.139. The molecule has 1 atom stereocenters. The summed E-state index contributed by atoms with van der Waals surface area (Å²) in [5, 5.41) is 2.87. The number of ether oxygens (including phenoxy) is 1. The van der Waals surface area contributed by atoms with Gasteiger partial charge in [0.1, 0.15) is 18.3 Å². The van der Waals surface area contributed by atoms with Crippen LogP contribution >= 0.6 is 0 Å². The molecule has 0 fully saturated rings. The fraction of sp³-hybridized carbons (Fsp3) is 0.440. The van der Waals surface area contributed by atoms with Crippen LogP contribution in [-0.4, -0.2) is 57.6 Å². The highest BCUT2D eigenvalue weighted by Gasteiger charge is 2.31. The summed E-state index contributed by atoms with van der Waals surface area (Å²) in [7, 11) is -2.39. The topological polar surface area (TPSA) is 96.0 Å². The van der Waals surface area contributed by atoms with Crippen molar-refractivity contribution in [3.8, 4) is 5.75 Å². The molecule has 0 aliphatic rings. The van der Waals surface area contributed by atoms with Gasteiger partial charge in [0.2, 0.25) is 21.8 Å². The number of nitrogens with one attached hydrogen (secondary N) is 1. The molecule has 0 bridgehead atoms. The summed E-state index contributed by atoms with van der Waals surface area (Å²) in [5.74, 6) is -0.206. The molecule has 0 aromatic heterocycles. The minimum atomic E-state index is -3.82. The summed E-state index contributed by atoms with van der Waals surface area (Å²) in [4.78, 5) is 27.9. The maximum atomic E-state index is 13.6. The van der Waals surface area contributed by atoms with E-state index in [0.29, 0.717) is 12.3 Å². The van der Waals surface area contributed by atoms with Gasteiger partial charge in [0.25, 0.3) is 0 Å². The highest BCUT2D eigenvalue weighted by Crippen LogP contribution is 2.29. The number of carbonyl (C=O) groups is 2. The number of benzene rings is 2. The molecule has 9 heteroatoms. The summed E-state index contributed by atoms with van der Waals surface area (Å²) in [5.41, 5.74) is 2.11. The lowest BCUT2D eigenvalue weighted by Crippen LogP contribution is -2.51. The number of anilines is 1. The maximum Gasteiger partial charge on any atom is 0.244 e. The molecule has 2 rings (SSSR count). The van der Waals surface area contributed by atoms with Crippen molar-refractivity contribution in [2.45, 2.75) is 40.3 Å². The average Bonchev–Trinajstić information content (AvgIpc) is 2.79. The van der Waals surface area contributed by atoms with Crippen molar-refractivity contribution in [3.63, 3.8) is 0 Å². The van der Waals surface area contributed by atoms with E-state index < -0.39 is 28.5 Å².